The maximum absolute atomic E-state index is 11.1. The summed E-state index contributed by atoms with van der Waals surface area (Å²) in [6.45, 7) is 0.496. The molecule has 0 spiro atoms. The lowest BCUT2D eigenvalue weighted by atomic mass is 10.1. The first-order valence-corrected chi connectivity index (χ1v) is 8.57. The lowest BCUT2D eigenvalue weighted by molar-refractivity contribution is 0.341. The van der Waals surface area contributed by atoms with E-state index in [1.165, 1.54) is 6.26 Å². The van der Waals surface area contributed by atoms with E-state index in [4.69, 9.17) is 10.5 Å². The second-order valence-electron chi connectivity index (χ2n) is 4.71. The number of hydrogen-bond acceptors (Lipinski definition) is 4. The third-order valence-electron chi connectivity index (χ3n) is 2.87. The molecule has 0 saturated heterocycles. The van der Waals surface area contributed by atoms with Gasteiger partial charge in [0.15, 0.2) is 9.84 Å². The van der Waals surface area contributed by atoms with Crippen LogP contribution in [-0.4, -0.2) is 33.6 Å². The first-order valence-electron chi connectivity index (χ1n) is 6.51. The summed E-state index contributed by atoms with van der Waals surface area (Å²) in [6, 6.07) is 11.5. The zero-order valence-electron chi connectivity index (χ0n) is 11.8. The summed E-state index contributed by atoms with van der Waals surface area (Å²) < 4.78 is 27.6. The summed E-state index contributed by atoms with van der Waals surface area (Å²) in [7, 11) is -3.00. The van der Waals surface area contributed by atoms with Crippen LogP contribution in [0.25, 0.3) is 10.8 Å². The van der Waals surface area contributed by atoms with Gasteiger partial charge in [0.1, 0.15) is 12.4 Å². The van der Waals surface area contributed by atoms with Crippen LogP contribution in [0.3, 0.4) is 0 Å². The SMILES string of the molecule is CS(=O)(=O)CCOc1ccc2cc(C#CCN)ccc2c1. The lowest BCUT2D eigenvalue weighted by Crippen LogP contribution is -2.11. The first-order chi connectivity index (χ1) is 9.98. The van der Waals surface area contributed by atoms with Crippen molar-refractivity contribution in [1.82, 2.24) is 0 Å². The van der Waals surface area contributed by atoms with E-state index in [1.807, 2.05) is 36.4 Å². The molecule has 0 saturated carbocycles. The maximum atomic E-state index is 11.1. The van der Waals surface area contributed by atoms with Crippen LogP contribution in [0.4, 0.5) is 0 Å². The molecule has 0 aromatic heterocycles. The summed E-state index contributed by atoms with van der Waals surface area (Å²) in [4.78, 5) is 0. The monoisotopic (exact) mass is 303 g/mol. The minimum Gasteiger partial charge on any atom is -0.493 e. The largest absolute Gasteiger partial charge is 0.493 e. The zero-order valence-corrected chi connectivity index (χ0v) is 12.6. The van der Waals surface area contributed by atoms with Crippen molar-refractivity contribution in [1.29, 1.82) is 0 Å². The number of fused-ring (bicyclic) bond motifs is 1. The van der Waals surface area contributed by atoms with Gasteiger partial charge in [0.05, 0.1) is 12.3 Å². The summed E-state index contributed by atoms with van der Waals surface area (Å²) in [5.41, 5.74) is 6.27. The molecular weight excluding hydrogens is 286 g/mol. The molecular formula is C16H17NO3S. The molecule has 0 unspecified atom stereocenters. The smallest absolute Gasteiger partial charge is 0.150 e. The molecule has 0 aliphatic rings. The van der Waals surface area contributed by atoms with Crippen LogP contribution in [0.2, 0.25) is 0 Å². The number of benzene rings is 2. The Kier molecular flexibility index (Phi) is 4.84. The third-order valence-corrected chi connectivity index (χ3v) is 3.78. The Labute approximate surface area is 124 Å². The molecule has 0 bridgehead atoms. The minimum atomic E-state index is -3.00. The third kappa shape index (κ3) is 4.78. The fourth-order valence-corrected chi connectivity index (χ4v) is 2.24. The molecule has 2 aromatic rings. The van der Waals surface area contributed by atoms with Crippen LogP contribution in [0.5, 0.6) is 5.75 Å². The number of sulfone groups is 1. The van der Waals surface area contributed by atoms with Crippen molar-refractivity contribution >= 4 is 20.6 Å². The van der Waals surface area contributed by atoms with E-state index < -0.39 is 9.84 Å². The van der Waals surface area contributed by atoms with E-state index in [0.717, 1.165) is 16.3 Å². The van der Waals surface area contributed by atoms with Gasteiger partial charge in [-0.05, 0) is 35.0 Å². The van der Waals surface area contributed by atoms with Crippen molar-refractivity contribution < 1.29 is 13.2 Å². The highest BCUT2D eigenvalue weighted by molar-refractivity contribution is 7.90. The van der Waals surface area contributed by atoms with Crippen LogP contribution in [-0.2, 0) is 9.84 Å². The average Bonchev–Trinajstić information content (AvgIpc) is 2.43. The fourth-order valence-electron chi connectivity index (χ4n) is 1.86. The highest BCUT2D eigenvalue weighted by Gasteiger charge is 2.03. The highest BCUT2D eigenvalue weighted by atomic mass is 32.2. The van der Waals surface area contributed by atoms with Crippen molar-refractivity contribution in [2.24, 2.45) is 5.73 Å². The van der Waals surface area contributed by atoms with Gasteiger partial charge in [-0.15, -0.1) is 0 Å². The second kappa shape index (κ2) is 6.61. The van der Waals surface area contributed by atoms with Gasteiger partial charge in [-0.25, -0.2) is 8.42 Å². The molecule has 5 heteroatoms. The van der Waals surface area contributed by atoms with Crippen molar-refractivity contribution in [3.63, 3.8) is 0 Å². The van der Waals surface area contributed by atoms with Crippen molar-refractivity contribution in [2.45, 2.75) is 0 Å². The summed E-state index contributed by atoms with van der Waals surface area (Å²) in [5.74, 6) is 6.48. The van der Waals surface area contributed by atoms with Gasteiger partial charge in [0, 0.05) is 11.8 Å². The summed E-state index contributed by atoms with van der Waals surface area (Å²) >= 11 is 0. The predicted molar refractivity (Wildman–Crippen MR) is 85.1 cm³/mol. The molecule has 2 aromatic carbocycles. The predicted octanol–water partition coefficient (Wildman–Crippen LogP) is 1.57. The van der Waals surface area contributed by atoms with Crippen LogP contribution < -0.4 is 10.5 Å². The van der Waals surface area contributed by atoms with E-state index in [9.17, 15) is 8.42 Å². The number of ether oxygens (including phenoxy) is 1. The minimum absolute atomic E-state index is 0.0126. The molecule has 0 aliphatic heterocycles. The Morgan fingerprint density at radius 3 is 2.57 bits per heavy atom. The standard InChI is InChI=1S/C16H17NO3S/c1-21(18,19)10-9-20-16-7-6-14-11-13(3-2-8-17)4-5-15(14)12-16/h4-7,11-12H,8-10,17H2,1H3. The maximum Gasteiger partial charge on any atom is 0.150 e. The normalized spacial score (nSPS) is 11.0. The van der Waals surface area contributed by atoms with Crippen molar-refractivity contribution in [3.05, 3.63) is 42.0 Å². The average molecular weight is 303 g/mol. The number of nitrogens with two attached hydrogens (primary N) is 1. The Bertz CT molecular complexity index is 801. The van der Waals surface area contributed by atoms with Gasteiger partial charge in [-0.3, -0.25) is 0 Å². The molecule has 2 N–H and O–H groups in total. The molecule has 0 radical (unpaired) electrons. The number of hydrogen-bond donors (Lipinski definition) is 1. The van der Waals surface area contributed by atoms with E-state index in [1.54, 1.807) is 0 Å². The Balaban J connectivity index is 2.15. The van der Waals surface area contributed by atoms with E-state index >= 15 is 0 Å². The van der Waals surface area contributed by atoms with Gasteiger partial charge < -0.3 is 10.5 Å². The van der Waals surface area contributed by atoms with E-state index in [-0.39, 0.29) is 12.4 Å². The molecule has 4 nitrogen and oxygen atoms in total. The summed E-state index contributed by atoms with van der Waals surface area (Å²) in [6.07, 6.45) is 1.20. The first kappa shape index (κ1) is 15.4. The molecule has 0 amide bonds. The molecule has 2 rings (SSSR count). The molecule has 0 aliphatic carbocycles. The van der Waals surface area contributed by atoms with Crippen LogP contribution in [0.1, 0.15) is 5.56 Å². The Morgan fingerprint density at radius 2 is 1.86 bits per heavy atom. The summed E-state index contributed by atoms with van der Waals surface area (Å²) in [5, 5.41) is 2.07. The lowest BCUT2D eigenvalue weighted by Gasteiger charge is -2.07. The Hall–Kier alpha value is -2.03. The van der Waals surface area contributed by atoms with Crippen LogP contribution >= 0.6 is 0 Å². The highest BCUT2D eigenvalue weighted by Crippen LogP contribution is 2.22. The fraction of sp³-hybridized carbons (Fsp3) is 0.250. The molecule has 0 fully saturated rings. The van der Waals surface area contributed by atoms with E-state index in [2.05, 4.69) is 11.8 Å². The van der Waals surface area contributed by atoms with Gasteiger partial charge in [0.2, 0.25) is 0 Å². The van der Waals surface area contributed by atoms with E-state index in [0.29, 0.717) is 12.3 Å². The van der Waals surface area contributed by atoms with Crippen LogP contribution in [0.15, 0.2) is 36.4 Å². The molecule has 110 valence electrons. The topological polar surface area (TPSA) is 69.4 Å². The zero-order chi connectivity index (χ0) is 15.3. The Morgan fingerprint density at radius 1 is 1.14 bits per heavy atom. The van der Waals surface area contributed by atoms with Crippen molar-refractivity contribution in [3.8, 4) is 17.6 Å². The molecule has 0 atom stereocenters. The van der Waals surface area contributed by atoms with Gasteiger partial charge in [-0.2, -0.15) is 0 Å². The number of rotatable bonds is 4. The van der Waals surface area contributed by atoms with Gasteiger partial charge in [0.25, 0.3) is 0 Å². The second-order valence-corrected chi connectivity index (χ2v) is 6.97. The van der Waals surface area contributed by atoms with Gasteiger partial charge >= 0.3 is 0 Å². The quantitative estimate of drug-likeness (QED) is 0.871. The molecule has 0 heterocycles. The van der Waals surface area contributed by atoms with Crippen molar-refractivity contribution in [2.75, 3.05) is 25.2 Å². The van der Waals surface area contributed by atoms with Gasteiger partial charge in [-0.1, -0.05) is 24.0 Å². The molecule has 21 heavy (non-hydrogen) atoms. The van der Waals surface area contributed by atoms with Crippen LogP contribution in [0, 0.1) is 11.8 Å².